The Balaban J connectivity index is 1.36. The van der Waals surface area contributed by atoms with E-state index in [4.69, 9.17) is 9.84 Å². The second-order valence-electron chi connectivity index (χ2n) is 7.19. The summed E-state index contributed by atoms with van der Waals surface area (Å²) in [6.45, 7) is 3.29. The molecule has 6 nitrogen and oxygen atoms in total. The summed E-state index contributed by atoms with van der Waals surface area (Å²) in [7, 11) is 0. The Bertz CT molecular complexity index is 1310. The summed E-state index contributed by atoms with van der Waals surface area (Å²) in [6, 6.07) is 22.1. The first-order valence-corrected chi connectivity index (χ1v) is 10.2. The minimum absolute atomic E-state index is 0.419. The van der Waals surface area contributed by atoms with Crippen LogP contribution in [0.3, 0.4) is 0 Å². The van der Waals surface area contributed by atoms with Gasteiger partial charge in [-0.3, -0.25) is 4.68 Å². The molecule has 0 radical (unpaired) electrons. The summed E-state index contributed by atoms with van der Waals surface area (Å²) in [5.74, 6) is 0.792. The molecule has 0 unspecified atom stereocenters. The van der Waals surface area contributed by atoms with Gasteiger partial charge in [-0.15, -0.1) is 0 Å². The molecule has 0 atom stereocenters. The number of pyridine rings is 1. The number of nitrogens with zero attached hydrogens (tertiary/aromatic N) is 5. The normalized spacial score (nSPS) is 11.0. The van der Waals surface area contributed by atoms with Crippen LogP contribution >= 0.6 is 0 Å². The first-order chi connectivity index (χ1) is 15.3. The lowest BCUT2D eigenvalue weighted by atomic mass is 10.0. The van der Waals surface area contributed by atoms with Crippen LogP contribution in [0.25, 0.3) is 33.3 Å². The topological polar surface area (TPSA) is 65.7 Å². The molecule has 0 bridgehead atoms. The maximum absolute atomic E-state index is 5.97. The van der Waals surface area contributed by atoms with Crippen LogP contribution in [0.1, 0.15) is 12.6 Å². The van der Waals surface area contributed by atoms with Crippen molar-refractivity contribution in [2.24, 2.45) is 0 Å². The van der Waals surface area contributed by atoms with Crippen molar-refractivity contribution in [2.45, 2.75) is 20.1 Å². The maximum Gasteiger partial charge on any atom is 0.130 e. The van der Waals surface area contributed by atoms with Crippen molar-refractivity contribution in [3.63, 3.8) is 0 Å². The predicted octanol–water partition coefficient (Wildman–Crippen LogP) is 5.15. The highest BCUT2D eigenvalue weighted by Crippen LogP contribution is 2.31. The lowest BCUT2D eigenvalue weighted by Crippen LogP contribution is -1.98. The van der Waals surface area contributed by atoms with Gasteiger partial charge in [0, 0.05) is 34.8 Å². The molecule has 152 valence electrons. The summed E-state index contributed by atoms with van der Waals surface area (Å²) < 4.78 is 7.90. The van der Waals surface area contributed by atoms with E-state index in [1.807, 2.05) is 65.5 Å². The molecular formula is C25H21N5O. The molecule has 0 saturated carbocycles. The Hall–Kier alpha value is -4.06. The maximum atomic E-state index is 5.97. The van der Waals surface area contributed by atoms with Crippen LogP contribution in [0.15, 0.2) is 85.3 Å². The number of rotatable bonds is 6. The van der Waals surface area contributed by atoms with Gasteiger partial charge < -0.3 is 4.74 Å². The molecule has 3 aromatic heterocycles. The van der Waals surface area contributed by atoms with Crippen LogP contribution in [0.4, 0.5) is 0 Å². The van der Waals surface area contributed by atoms with Gasteiger partial charge in [-0.05, 0) is 49.4 Å². The van der Waals surface area contributed by atoms with Crippen LogP contribution in [0.2, 0.25) is 0 Å². The third-order valence-corrected chi connectivity index (χ3v) is 5.15. The molecule has 5 rings (SSSR count). The van der Waals surface area contributed by atoms with Crippen LogP contribution in [-0.2, 0) is 13.2 Å². The van der Waals surface area contributed by atoms with Gasteiger partial charge in [0.1, 0.15) is 18.1 Å². The van der Waals surface area contributed by atoms with Gasteiger partial charge >= 0.3 is 0 Å². The number of ether oxygens (including phenoxy) is 1. The summed E-state index contributed by atoms with van der Waals surface area (Å²) >= 11 is 0. The zero-order valence-electron chi connectivity index (χ0n) is 17.1. The summed E-state index contributed by atoms with van der Waals surface area (Å²) in [5, 5.41) is 13.8. The van der Waals surface area contributed by atoms with Crippen LogP contribution in [0.5, 0.6) is 5.75 Å². The standard InChI is InChI=1S/C25H21N5O/c1-2-30-16-23(20-13-14-26-27-15-20)25(29-30)19-8-11-22(12-9-19)31-17-21-10-7-18-5-3-4-6-24(18)28-21/h3-16H,2,17H2,1H3. The monoisotopic (exact) mass is 407 g/mol. The van der Waals surface area contributed by atoms with E-state index in [2.05, 4.69) is 34.2 Å². The highest BCUT2D eigenvalue weighted by Gasteiger charge is 2.13. The number of hydrogen-bond donors (Lipinski definition) is 0. The first kappa shape index (κ1) is 18.9. The average Bonchev–Trinajstić information content (AvgIpc) is 3.28. The van der Waals surface area contributed by atoms with E-state index in [0.717, 1.165) is 51.3 Å². The van der Waals surface area contributed by atoms with Gasteiger partial charge in [-0.1, -0.05) is 24.3 Å². The van der Waals surface area contributed by atoms with E-state index >= 15 is 0 Å². The Morgan fingerprint density at radius 3 is 2.55 bits per heavy atom. The molecule has 0 saturated heterocycles. The molecular weight excluding hydrogens is 386 g/mol. The second-order valence-corrected chi connectivity index (χ2v) is 7.19. The largest absolute Gasteiger partial charge is 0.487 e. The predicted molar refractivity (Wildman–Crippen MR) is 120 cm³/mol. The zero-order valence-corrected chi connectivity index (χ0v) is 17.1. The summed E-state index contributed by atoms with van der Waals surface area (Å²) in [5.41, 5.74) is 5.84. The Kier molecular flexibility index (Phi) is 5.10. The summed E-state index contributed by atoms with van der Waals surface area (Å²) in [4.78, 5) is 4.66. The molecule has 0 aliphatic heterocycles. The number of aryl methyl sites for hydroxylation is 1. The van der Waals surface area contributed by atoms with E-state index in [1.54, 1.807) is 12.4 Å². The molecule has 0 N–H and O–H groups in total. The van der Waals surface area contributed by atoms with Crippen molar-refractivity contribution in [3.8, 4) is 28.1 Å². The minimum Gasteiger partial charge on any atom is -0.487 e. The number of benzene rings is 2. The Morgan fingerprint density at radius 1 is 0.871 bits per heavy atom. The van der Waals surface area contributed by atoms with Gasteiger partial charge in [-0.25, -0.2) is 4.98 Å². The van der Waals surface area contributed by atoms with E-state index in [-0.39, 0.29) is 0 Å². The lowest BCUT2D eigenvalue weighted by molar-refractivity contribution is 0.302. The molecule has 2 aromatic carbocycles. The molecule has 5 aromatic rings. The van der Waals surface area contributed by atoms with Crippen molar-refractivity contribution in [3.05, 3.63) is 91.0 Å². The van der Waals surface area contributed by atoms with E-state index in [0.29, 0.717) is 6.61 Å². The van der Waals surface area contributed by atoms with E-state index in [9.17, 15) is 0 Å². The molecule has 0 amide bonds. The summed E-state index contributed by atoms with van der Waals surface area (Å²) in [6.07, 6.45) is 5.50. The molecule has 0 spiro atoms. The number of hydrogen-bond acceptors (Lipinski definition) is 5. The first-order valence-electron chi connectivity index (χ1n) is 10.2. The minimum atomic E-state index is 0.419. The van der Waals surface area contributed by atoms with Gasteiger partial charge in [-0.2, -0.15) is 15.3 Å². The zero-order chi connectivity index (χ0) is 21.0. The molecule has 31 heavy (non-hydrogen) atoms. The third kappa shape index (κ3) is 4.00. The molecule has 0 aliphatic rings. The van der Waals surface area contributed by atoms with Crippen molar-refractivity contribution in [1.82, 2.24) is 25.0 Å². The third-order valence-electron chi connectivity index (χ3n) is 5.15. The van der Waals surface area contributed by atoms with Gasteiger partial charge in [0.2, 0.25) is 0 Å². The van der Waals surface area contributed by atoms with Crippen molar-refractivity contribution in [2.75, 3.05) is 0 Å². The fraction of sp³-hybridized carbons (Fsp3) is 0.120. The van der Waals surface area contributed by atoms with Crippen LogP contribution in [-0.4, -0.2) is 25.0 Å². The van der Waals surface area contributed by atoms with E-state index in [1.165, 1.54) is 0 Å². The van der Waals surface area contributed by atoms with Gasteiger partial charge in [0.05, 0.1) is 23.6 Å². The quantitative estimate of drug-likeness (QED) is 0.389. The Morgan fingerprint density at radius 2 is 1.74 bits per heavy atom. The highest BCUT2D eigenvalue weighted by atomic mass is 16.5. The van der Waals surface area contributed by atoms with Crippen molar-refractivity contribution >= 4 is 10.9 Å². The molecule has 0 fully saturated rings. The van der Waals surface area contributed by atoms with Crippen LogP contribution < -0.4 is 4.74 Å². The smallest absolute Gasteiger partial charge is 0.130 e. The highest BCUT2D eigenvalue weighted by molar-refractivity contribution is 5.80. The molecule has 0 aliphatic carbocycles. The number of para-hydroxylation sites is 1. The fourth-order valence-corrected chi connectivity index (χ4v) is 3.51. The van der Waals surface area contributed by atoms with Crippen LogP contribution in [0, 0.1) is 0 Å². The van der Waals surface area contributed by atoms with Gasteiger partial charge in [0.15, 0.2) is 0 Å². The van der Waals surface area contributed by atoms with Crippen molar-refractivity contribution in [1.29, 1.82) is 0 Å². The second kappa shape index (κ2) is 8.36. The fourth-order valence-electron chi connectivity index (χ4n) is 3.51. The number of aromatic nitrogens is 5. The lowest BCUT2D eigenvalue weighted by Gasteiger charge is -2.08. The molecule has 3 heterocycles. The molecule has 6 heteroatoms. The van der Waals surface area contributed by atoms with E-state index < -0.39 is 0 Å². The average molecular weight is 407 g/mol. The Labute approximate surface area is 180 Å². The van der Waals surface area contributed by atoms with Gasteiger partial charge in [0.25, 0.3) is 0 Å². The SMILES string of the molecule is CCn1cc(-c2ccnnc2)c(-c2ccc(OCc3ccc4ccccc4n3)cc2)n1. The van der Waals surface area contributed by atoms with Crippen molar-refractivity contribution < 1.29 is 4.74 Å². The number of fused-ring (bicyclic) bond motifs is 1.